The van der Waals surface area contributed by atoms with Crippen LogP contribution in [0.25, 0.3) is 10.8 Å². The van der Waals surface area contributed by atoms with Crippen molar-refractivity contribution < 1.29 is 18.0 Å². The molecule has 0 fully saturated rings. The molecule has 0 aliphatic rings. The van der Waals surface area contributed by atoms with Crippen LogP contribution in [0.15, 0.2) is 91.0 Å². The summed E-state index contributed by atoms with van der Waals surface area (Å²) in [7, 11) is -3.90. The van der Waals surface area contributed by atoms with E-state index < -0.39 is 28.5 Å². The highest BCUT2D eigenvalue weighted by atomic mass is 35.5. The van der Waals surface area contributed by atoms with Crippen molar-refractivity contribution in [3.8, 4) is 0 Å². The first kappa shape index (κ1) is 32.3. The Bertz CT molecular complexity index is 1690. The summed E-state index contributed by atoms with van der Waals surface area (Å²) in [5.41, 5.74) is 1.88. The molecule has 2 amide bonds. The zero-order chi connectivity index (χ0) is 31.1. The number of carbonyl (C=O) groups excluding carboxylic acids is 2. The van der Waals surface area contributed by atoms with E-state index in [9.17, 15) is 18.0 Å². The van der Waals surface area contributed by atoms with Gasteiger partial charge in [-0.2, -0.15) is 0 Å². The lowest BCUT2D eigenvalue weighted by molar-refractivity contribution is -0.140. The molecule has 4 aromatic carbocycles. The van der Waals surface area contributed by atoms with Crippen molar-refractivity contribution in [1.29, 1.82) is 0 Å². The van der Waals surface area contributed by atoms with Crippen molar-refractivity contribution in [2.24, 2.45) is 5.92 Å². The van der Waals surface area contributed by atoms with Crippen molar-refractivity contribution in [3.05, 3.63) is 112 Å². The van der Waals surface area contributed by atoms with E-state index in [0.717, 1.165) is 21.5 Å². The molecule has 0 saturated heterocycles. The van der Waals surface area contributed by atoms with Crippen molar-refractivity contribution in [2.75, 3.05) is 23.7 Å². The molecule has 43 heavy (non-hydrogen) atoms. The minimum Gasteiger partial charge on any atom is -0.354 e. The Labute approximate surface area is 263 Å². The van der Waals surface area contributed by atoms with E-state index in [1.165, 1.54) is 4.90 Å². The van der Waals surface area contributed by atoms with Crippen LogP contribution in [0.2, 0.25) is 10.0 Å². The highest BCUT2D eigenvalue weighted by molar-refractivity contribution is 7.92. The Balaban J connectivity index is 1.79. The van der Waals surface area contributed by atoms with E-state index in [4.69, 9.17) is 23.2 Å². The Morgan fingerprint density at radius 1 is 0.837 bits per heavy atom. The van der Waals surface area contributed by atoms with E-state index in [0.29, 0.717) is 33.2 Å². The SMILES string of the molecule is CC(C)CNC(=O)[C@@H](Cc1ccccc1)N(Cc1ccc(Cl)c(Cl)c1)C(=O)CN(c1cccc2ccccc12)S(C)(=O)=O. The number of carbonyl (C=O) groups is 2. The van der Waals surface area contributed by atoms with Gasteiger partial charge in [0.05, 0.1) is 22.0 Å². The molecule has 226 valence electrons. The topological polar surface area (TPSA) is 86.8 Å². The molecule has 0 aliphatic carbocycles. The van der Waals surface area contributed by atoms with Crippen LogP contribution in [-0.2, 0) is 32.6 Å². The van der Waals surface area contributed by atoms with Crippen LogP contribution in [-0.4, -0.2) is 50.5 Å². The van der Waals surface area contributed by atoms with Crippen molar-refractivity contribution >= 4 is 61.5 Å². The predicted octanol–water partition coefficient (Wildman–Crippen LogP) is 6.32. The fourth-order valence-corrected chi connectivity index (χ4v) is 6.01. The maximum atomic E-state index is 14.3. The molecule has 0 saturated carbocycles. The van der Waals surface area contributed by atoms with Crippen LogP contribution in [0.5, 0.6) is 0 Å². The number of hydrogen-bond donors (Lipinski definition) is 1. The summed E-state index contributed by atoms with van der Waals surface area (Å²) >= 11 is 12.5. The monoisotopic (exact) mass is 639 g/mol. The lowest BCUT2D eigenvalue weighted by Crippen LogP contribution is -2.53. The average Bonchev–Trinajstić information content (AvgIpc) is 2.97. The van der Waals surface area contributed by atoms with Crippen LogP contribution in [0, 0.1) is 5.92 Å². The lowest BCUT2D eigenvalue weighted by atomic mass is 10.0. The maximum Gasteiger partial charge on any atom is 0.244 e. The molecule has 0 aromatic heterocycles. The van der Waals surface area contributed by atoms with Gasteiger partial charge in [0.25, 0.3) is 0 Å². The number of amides is 2. The Hall–Kier alpha value is -3.59. The predicted molar refractivity (Wildman–Crippen MR) is 175 cm³/mol. The number of sulfonamides is 1. The number of fused-ring (bicyclic) bond motifs is 1. The van der Waals surface area contributed by atoms with Crippen molar-refractivity contribution in [3.63, 3.8) is 0 Å². The zero-order valence-corrected chi connectivity index (χ0v) is 26.7. The Morgan fingerprint density at radius 3 is 2.19 bits per heavy atom. The number of halogens is 2. The van der Waals surface area contributed by atoms with E-state index >= 15 is 0 Å². The van der Waals surface area contributed by atoms with Gasteiger partial charge in [0.1, 0.15) is 12.6 Å². The Kier molecular flexibility index (Phi) is 10.7. The number of hydrogen-bond acceptors (Lipinski definition) is 4. The molecule has 1 N–H and O–H groups in total. The fourth-order valence-electron chi connectivity index (χ4n) is 4.83. The number of anilines is 1. The smallest absolute Gasteiger partial charge is 0.244 e. The summed E-state index contributed by atoms with van der Waals surface area (Å²) in [6, 6.07) is 26.2. The largest absolute Gasteiger partial charge is 0.354 e. The molecule has 0 spiro atoms. The molecule has 4 aromatic rings. The molecule has 7 nitrogen and oxygen atoms in total. The second-order valence-electron chi connectivity index (χ2n) is 10.9. The lowest BCUT2D eigenvalue weighted by Gasteiger charge is -2.34. The van der Waals surface area contributed by atoms with Gasteiger partial charge >= 0.3 is 0 Å². The molecular formula is C33H35Cl2N3O4S. The Morgan fingerprint density at radius 2 is 1.51 bits per heavy atom. The third-order valence-electron chi connectivity index (χ3n) is 7.01. The van der Waals surface area contributed by atoms with Crippen LogP contribution >= 0.6 is 23.2 Å². The van der Waals surface area contributed by atoms with Gasteiger partial charge in [-0.05, 0) is 40.6 Å². The molecule has 0 radical (unpaired) electrons. The maximum absolute atomic E-state index is 14.3. The van der Waals surface area contributed by atoms with Crippen molar-refractivity contribution in [1.82, 2.24) is 10.2 Å². The molecular weight excluding hydrogens is 605 g/mol. The summed E-state index contributed by atoms with van der Waals surface area (Å²) in [6.45, 7) is 3.90. The number of nitrogens with zero attached hydrogens (tertiary/aromatic N) is 2. The van der Waals surface area contributed by atoms with Gasteiger partial charge < -0.3 is 10.2 Å². The van der Waals surface area contributed by atoms with E-state index in [2.05, 4.69) is 5.32 Å². The van der Waals surface area contributed by atoms with Gasteiger partial charge in [-0.3, -0.25) is 13.9 Å². The number of benzene rings is 4. The van der Waals surface area contributed by atoms with E-state index in [1.54, 1.807) is 30.3 Å². The molecule has 10 heteroatoms. The summed E-state index contributed by atoms with van der Waals surface area (Å²) in [4.78, 5) is 29.5. The zero-order valence-electron chi connectivity index (χ0n) is 24.3. The first-order valence-electron chi connectivity index (χ1n) is 13.9. The minimum atomic E-state index is -3.90. The van der Waals surface area contributed by atoms with Gasteiger partial charge in [0, 0.05) is 24.9 Å². The van der Waals surface area contributed by atoms with Gasteiger partial charge in [-0.25, -0.2) is 8.42 Å². The molecule has 1 atom stereocenters. The summed E-state index contributed by atoms with van der Waals surface area (Å²) < 4.78 is 27.5. The molecule has 0 unspecified atom stereocenters. The number of rotatable bonds is 12. The minimum absolute atomic E-state index is 0.00939. The highest BCUT2D eigenvalue weighted by Gasteiger charge is 2.33. The quantitative estimate of drug-likeness (QED) is 0.196. The second kappa shape index (κ2) is 14.3. The van der Waals surface area contributed by atoms with Crippen LogP contribution in [0.1, 0.15) is 25.0 Å². The second-order valence-corrected chi connectivity index (χ2v) is 13.6. The highest BCUT2D eigenvalue weighted by Crippen LogP contribution is 2.29. The molecule has 0 aliphatic heterocycles. The van der Waals surface area contributed by atoms with Crippen LogP contribution in [0.4, 0.5) is 5.69 Å². The molecule has 0 bridgehead atoms. The van der Waals surface area contributed by atoms with Crippen LogP contribution < -0.4 is 9.62 Å². The standard InChI is InChI=1S/C33H35Cl2N3O4S/c1-23(2)20-36-33(40)31(19-24-10-5-4-6-11-24)37(21-25-16-17-28(34)29(35)18-25)32(39)22-38(43(3,41)42)30-15-9-13-26-12-7-8-14-27(26)30/h4-18,23,31H,19-22H2,1-3H3,(H,36,40)/t31-/m1/s1. The third kappa shape index (κ3) is 8.50. The van der Waals surface area contributed by atoms with Gasteiger partial charge in [0.15, 0.2) is 0 Å². The first-order valence-corrected chi connectivity index (χ1v) is 16.5. The van der Waals surface area contributed by atoms with E-state index in [1.807, 2.05) is 74.5 Å². The molecule has 0 heterocycles. The fraction of sp³-hybridized carbons (Fsp3) is 0.273. The molecule has 4 rings (SSSR count). The summed E-state index contributed by atoms with van der Waals surface area (Å²) in [5.74, 6) is -0.681. The normalized spacial score (nSPS) is 12.2. The third-order valence-corrected chi connectivity index (χ3v) is 8.87. The first-order chi connectivity index (χ1) is 20.4. The van der Waals surface area contributed by atoms with Crippen molar-refractivity contribution in [2.45, 2.75) is 32.9 Å². The summed E-state index contributed by atoms with van der Waals surface area (Å²) in [6.07, 6.45) is 1.30. The van der Waals surface area contributed by atoms with Crippen LogP contribution in [0.3, 0.4) is 0 Å². The van der Waals surface area contributed by atoms with E-state index in [-0.39, 0.29) is 24.8 Å². The van der Waals surface area contributed by atoms with Gasteiger partial charge in [-0.1, -0.05) is 110 Å². The number of nitrogens with one attached hydrogen (secondary N) is 1. The van der Waals surface area contributed by atoms with Gasteiger partial charge in [-0.15, -0.1) is 0 Å². The van der Waals surface area contributed by atoms with Gasteiger partial charge in [0.2, 0.25) is 21.8 Å². The summed E-state index contributed by atoms with van der Waals surface area (Å²) in [5, 5.41) is 5.17. The average molecular weight is 641 g/mol.